The monoisotopic (exact) mass is 184 g/mol. The maximum Gasteiger partial charge on any atom is 0.230 e. The molecule has 3 heteroatoms. The molecule has 2 bridgehead atoms. The largest absolute Gasteiger partial charge is 0.359 e. The van der Waals surface area contributed by atoms with E-state index in [0.29, 0.717) is 0 Å². The smallest absolute Gasteiger partial charge is 0.230 e. The lowest BCUT2D eigenvalue weighted by Gasteiger charge is -2.39. The maximum atomic E-state index is 11.6. The fraction of sp³-hybridized carbons (Fsp3) is 0.900. The molecule has 0 heterocycles. The first-order chi connectivity index (χ1) is 5.75. The number of carbonyl (C=O) groups excluding carboxylic acids is 1. The van der Waals surface area contributed by atoms with Crippen LogP contribution in [0.4, 0.5) is 0 Å². The second-order valence-electron chi connectivity index (χ2n) is 5.18. The van der Waals surface area contributed by atoms with Crippen LogP contribution in [-0.2, 0) is 4.79 Å². The Morgan fingerprint density at radius 2 is 1.85 bits per heavy atom. The Morgan fingerprint density at radius 1 is 1.31 bits per heavy atom. The highest BCUT2D eigenvalue weighted by atomic mass is 16.5. The van der Waals surface area contributed by atoms with Crippen molar-refractivity contribution in [3.8, 4) is 0 Å². The van der Waals surface area contributed by atoms with E-state index in [0.717, 1.165) is 12.8 Å². The Kier molecular flexibility index (Phi) is 1.40. The average molecular weight is 184 g/mol. The molecule has 0 aromatic heterocycles. The first-order valence-electron chi connectivity index (χ1n) is 4.74. The van der Waals surface area contributed by atoms with Crippen molar-refractivity contribution < 1.29 is 15.0 Å². The van der Waals surface area contributed by atoms with Gasteiger partial charge in [0.15, 0.2) is 5.78 Å². The molecule has 2 aliphatic rings. The van der Waals surface area contributed by atoms with Gasteiger partial charge >= 0.3 is 0 Å². The van der Waals surface area contributed by atoms with Crippen molar-refractivity contribution in [1.29, 1.82) is 0 Å². The van der Waals surface area contributed by atoms with Crippen LogP contribution in [0.15, 0.2) is 0 Å². The Morgan fingerprint density at radius 3 is 2.08 bits per heavy atom. The second kappa shape index (κ2) is 1.98. The first kappa shape index (κ1) is 9.16. The van der Waals surface area contributed by atoms with E-state index in [2.05, 4.69) is 0 Å². The van der Waals surface area contributed by atoms with Crippen LogP contribution in [0.25, 0.3) is 0 Å². The molecule has 2 aliphatic carbocycles. The number of hydrogen-bond donors (Lipinski definition) is 2. The van der Waals surface area contributed by atoms with E-state index in [9.17, 15) is 15.0 Å². The van der Waals surface area contributed by atoms with Crippen LogP contribution in [-0.4, -0.2) is 21.8 Å². The number of fused-ring (bicyclic) bond motifs is 2. The zero-order valence-electron chi connectivity index (χ0n) is 8.29. The molecule has 0 amide bonds. The van der Waals surface area contributed by atoms with E-state index < -0.39 is 11.2 Å². The number of hydrogen-bond acceptors (Lipinski definition) is 3. The van der Waals surface area contributed by atoms with Crippen LogP contribution in [0.2, 0.25) is 0 Å². The molecule has 13 heavy (non-hydrogen) atoms. The molecule has 0 aliphatic heterocycles. The molecule has 0 aromatic carbocycles. The predicted molar refractivity (Wildman–Crippen MR) is 46.8 cm³/mol. The number of ketones is 1. The third-order valence-corrected chi connectivity index (χ3v) is 4.66. The fourth-order valence-corrected chi connectivity index (χ4v) is 3.10. The molecule has 2 unspecified atom stereocenters. The van der Waals surface area contributed by atoms with Crippen molar-refractivity contribution in [3.63, 3.8) is 0 Å². The van der Waals surface area contributed by atoms with Gasteiger partial charge in [0.2, 0.25) is 5.79 Å². The predicted octanol–water partition coefficient (Wildman–Crippen LogP) is 0.692. The van der Waals surface area contributed by atoms with Crippen LogP contribution >= 0.6 is 0 Å². The van der Waals surface area contributed by atoms with Crippen molar-refractivity contribution >= 4 is 5.78 Å². The summed E-state index contributed by atoms with van der Waals surface area (Å²) in [5.74, 6) is -2.65. The molecule has 3 nitrogen and oxygen atoms in total. The van der Waals surface area contributed by atoms with E-state index in [1.165, 1.54) is 0 Å². The Labute approximate surface area is 77.8 Å². The summed E-state index contributed by atoms with van der Waals surface area (Å²) in [5.41, 5.74) is -0.949. The highest BCUT2D eigenvalue weighted by Crippen LogP contribution is 2.67. The van der Waals surface area contributed by atoms with Gasteiger partial charge in [0, 0.05) is 11.3 Å². The summed E-state index contributed by atoms with van der Waals surface area (Å²) in [5, 5.41) is 19.5. The second-order valence-corrected chi connectivity index (χ2v) is 5.18. The average Bonchev–Trinajstić information content (AvgIpc) is 2.26. The summed E-state index contributed by atoms with van der Waals surface area (Å²) in [6, 6.07) is 0. The zero-order valence-corrected chi connectivity index (χ0v) is 8.29. The van der Waals surface area contributed by atoms with Crippen molar-refractivity contribution in [2.24, 2.45) is 16.7 Å². The Hall–Kier alpha value is -0.410. The van der Waals surface area contributed by atoms with Gasteiger partial charge in [-0.2, -0.15) is 0 Å². The van der Waals surface area contributed by atoms with Crippen molar-refractivity contribution in [2.45, 2.75) is 39.4 Å². The standard InChI is InChI=1S/C10H16O3/c1-8(2)6-4-5-9(8,3)10(12,13)7(6)11/h6,12-13H,4-5H2,1-3H3. The molecule has 0 saturated heterocycles. The number of Topliss-reactive ketones (excluding diaryl/α,β-unsaturated/α-hetero) is 1. The summed E-state index contributed by atoms with van der Waals surface area (Å²) in [7, 11) is 0. The molecule has 0 spiro atoms. The third-order valence-electron chi connectivity index (χ3n) is 4.66. The molecule has 2 saturated carbocycles. The highest BCUT2D eigenvalue weighted by Gasteiger charge is 2.73. The van der Waals surface area contributed by atoms with Gasteiger partial charge < -0.3 is 10.2 Å². The van der Waals surface area contributed by atoms with E-state index in [1.807, 2.05) is 13.8 Å². The van der Waals surface area contributed by atoms with Gasteiger partial charge in [-0.1, -0.05) is 20.8 Å². The van der Waals surface area contributed by atoms with Gasteiger partial charge in [-0.3, -0.25) is 4.79 Å². The summed E-state index contributed by atoms with van der Waals surface area (Å²) >= 11 is 0. The minimum Gasteiger partial charge on any atom is -0.359 e. The SMILES string of the molecule is CC1(C)C2CCC1(C)C(O)(O)C2=O. The summed E-state index contributed by atoms with van der Waals surface area (Å²) in [4.78, 5) is 11.6. The minimum atomic E-state index is -2.10. The van der Waals surface area contributed by atoms with E-state index in [4.69, 9.17) is 0 Å². The summed E-state index contributed by atoms with van der Waals surface area (Å²) in [6.45, 7) is 5.71. The first-order valence-corrected chi connectivity index (χ1v) is 4.74. The zero-order chi connectivity index (χ0) is 10.1. The van der Waals surface area contributed by atoms with Gasteiger partial charge in [-0.05, 0) is 18.3 Å². The van der Waals surface area contributed by atoms with Gasteiger partial charge in [0.05, 0.1) is 0 Å². The van der Waals surface area contributed by atoms with Crippen molar-refractivity contribution in [1.82, 2.24) is 0 Å². The molecule has 0 aromatic rings. The normalized spacial score (nSPS) is 45.6. The maximum absolute atomic E-state index is 11.6. The number of rotatable bonds is 0. The molecule has 74 valence electrons. The van der Waals surface area contributed by atoms with Crippen molar-refractivity contribution in [2.75, 3.05) is 0 Å². The number of carbonyl (C=O) groups is 1. The molecule has 2 fully saturated rings. The van der Waals surface area contributed by atoms with Crippen LogP contribution < -0.4 is 0 Å². The lowest BCUT2D eigenvalue weighted by atomic mass is 9.68. The summed E-state index contributed by atoms with van der Waals surface area (Å²) < 4.78 is 0. The molecular formula is C10H16O3. The van der Waals surface area contributed by atoms with Gasteiger partial charge in [-0.15, -0.1) is 0 Å². The third kappa shape index (κ3) is 0.680. The lowest BCUT2D eigenvalue weighted by Crippen LogP contribution is -2.51. The quantitative estimate of drug-likeness (QED) is 0.545. The minimum absolute atomic E-state index is 0.174. The lowest BCUT2D eigenvalue weighted by molar-refractivity contribution is -0.230. The van der Waals surface area contributed by atoms with Crippen LogP contribution in [0.1, 0.15) is 33.6 Å². The molecule has 2 rings (SSSR count). The van der Waals surface area contributed by atoms with Crippen LogP contribution in [0, 0.1) is 16.7 Å². The molecular weight excluding hydrogens is 168 g/mol. The Balaban J connectivity index is 2.59. The van der Waals surface area contributed by atoms with E-state index in [1.54, 1.807) is 6.92 Å². The van der Waals surface area contributed by atoms with Crippen LogP contribution in [0.3, 0.4) is 0 Å². The molecule has 0 radical (unpaired) electrons. The molecule has 2 atom stereocenters. The Bertz CT molecular complexity index is 280. The van der Waals surface area contributed by atoms with Gasteiger partial charge in [0.1, 0.15) is 0 Å². The van der Waals surface area contributed by atoms with E-state index in [-0.39, 0.29) is 17.1 Å². The molecule has 2 N–H and O–H groups in total. The fourth-order valence-electron chi connectivity index (χ4n) is 3.10. The van der Waals surface area contributed by atoms with Gasteiger partial charge in [0.25, 0.3) is 0 Å². The van der Waals surface area contributed by atoms with Crippen LogP contribution in [0.5, 0.6) is 0 Å². The number of aliphatic hydroxyl groups is 2. The topological polar surface area (TPSA) is 57.5 Å². The highest BCUT2D eigenvalue weighted by molar-refractivity contribution is 5.93. The van der Waals surface area contributed by atoms with Crippen molar-refractivity contribution in [3.05, 3.63) is 0 Å². The van der Waals surface area contributed by atoms with E-state index >= 15 is 0 Å². The van der Waals surface area contributed by atoms with Gasteiger partial charge in [-0.25, -0.2) is 0 Å². The summed E-state index contributed by atoms with van der Waals surface area (Å²) in [6.07, 6.45) is 1.52.